The molecule has 1 aliphatic rings. The van der Waals surface area contributed by atoms with Gasteiger partial charge in [0.15, 0.2) is 0 Å². The van der Waals surface area contributed by atoms with Crippen LogP contribution in [0.5, 0.6) is 0 Å². The molecule has 6 heteroatoms. The molecule has 0 radical (unpaired) electrons. The number of nitrogens with one attached hydrogen (secondary N) is 1. The van der Waals surface area contributed by atoms with Crippen LogP contribution in [0, 0.1) is 5.92 Å². The highest BCUT2D eigenvalue weighted by Crippen LogP contribution is 2.63. The van der Waals surface area contributed by atoms with Crippen molar-refractivity contribution in [3.05, 3.63) is 77.6 Å². The van der Waals surface area contributed by atoms with Crippen molar-refractivity contribution < 1.29 is 0 Å². The molecule has 2 aromatic carbocycles. The number of aromatic nitrogens is 3. The Morgan fingerprint density at radius 1 is 1.08 bits per heavy atom. The van der Waals surface area contributed by atoms with Gasteiger partial charge in [0.1, 0.15) is 10.2 Å². The van der Waals surface area contributed by atoms with Gasteiger partial charge in [-0.05, 0) is 17.5 Å². The van der Waals surface area contributed by atoms with Gasteiger partial charge in [-0.1, -0.05) is 72.4 Å². The van der Waals surface area contributed by atoms with Crippen LogP contribution in [0.1, 0.15) is 28.6 Å². The van der Waals surface area contributed by atoms with E-state index in [1.54, 1.807) is 11.8 Å². The highest BCUT2D eigenvalue weighted by Gasteiger charge is 2.56. The zero-order chi connectivity index (χ0) is 17.3. The van der Waals surface area contributed by atoms with E-state index in [2.05, 4.69) is 39.4 Å². The van der Waals surface area contributed by atoms with Crippen molar-refractivity contribution in [3.63, 3.8) is 0 Å². The van der Waals surface area contributed by atoms with E-state index in [9.17, 15) is 0 Å². The van der Waals surface area contributed by atoms with Gasteiger partial charge in [0.25, 0.3) is 0 Å². The highest BCUT2D eigenvalue weighted by molar-refractivity contribution is 7.99. The Hall–Kier alpha value is -1.49. The minimum atomic E-state index is -0.642. The van der Waals surface area contributed by atoms with E-state index in [-0.39, 0.29) is 11.2 Å². The van der Waals surface area contributed by atoms with Crippen molar-refractivity contribution in [2.75, 3.05) is 0 Å². The molecule has 1 fully saturated rings. The Morgan fingerprint density at radius 2 is 1.72 bits per heavy atom. The summed E-state index contributed by atoms with van der Waals surface area (Å²) in [6.07, 6.45) is 1.53. The van der Waals surface area contributed by atoms with Crippen molar-refractivity contribution in [2.24, 2.45) is 5.92 Å². The molecule has 1 heterocycles. The summed E-state index contributed by atoms with van der Waals surface area (Å²) >= 11 is 14.3. The summed E-state index contributed by atoms with van der Waals surface area (Å²) in [7, 11) is 0. The largest absolute Gasteiger partial charge is 0.262 e. The molecule has 1 N–H and O–H groups in total. The summed E-state index contributed by atoms with van der Waals surface area (Å²) in [6.45, 7) is 0. The lowest BCUT2D eigenvalue weighted by Crippen LogP contribution is -2.03. The number of alkyl halides is 2. The van der Waals surface area contributed by atoms with Gasteiger partial charge in [-0.15, -0.1) is 28.3 Å². The van der Waals surface area contributed by atoms with E-state index in [1.165, 1.54) is 11.1 Å². The van der Waals surface area contributed by atoms with Gasteiger partial charge in [-0.3, -0.25) is 5.10 Å². The molecule has 1 aromatic heterocycles. The molecule has 2 unspecified atom stereocenters. The number of thioether (sulfide) groups is 1. The van der Waals surface area contributed by atoms with Crippen molar-refractivity contribution in [1.82, 2.24) is 15.2 Å². The Bertz CT molecular complexity index is 836. The van der Waals surface area contributed by atoms with Gasteiger partial charge < -0.3 is 0 Å². The third-order valence-electron chi connectivity index (χ3n) is 4.33. The fraction of sp³-hybridized carbons (Fsp3) is 0.263. The average molecular weight is 390 g/mol. The molecule has 3 aromatic rings. The minimum Gasteiger partial charge on any atom is -0.262 e. The SMILES string of the molecule is ClC1(Cl)CC1C(Sc1n[nH]c(Cc2ccccc2)n1)c1ccccc1. The fourth-order valence-electron chi connectivity index (χ4n) is 2.90. The number of rotatable bonds is 6. The lowest BCUT2D eigenvalue weighted by atomic mass is 10.1. The zero-order valence-corrected chi connectivity index (χ0v) is 15.7. The topological polar surface area (TPSA) is 41.6 Å². The number of nitrogens with zero attached hydrogens (tertiary/aromatic N) is 2. The first-order valence-electron chi connectivity index (χ1n) is 8.16. The van der Waals surface area contributed by atoms with Crippen molar-refractivity contribution in [2.45, 2.75) is 27.6 Å². The molecule has 3 nitrogen and oxygen atoms in total. The van der Waals surface area contributed by atoms with Gasteiger partial charge >= 0.3 is 0 Å². The molecule has 0 amide bonds. The summed E-state index contributed by atoms with van der Waals surface area (Å²) in [5.74, 6) is 1.07. The quantitative estimate of drug-likeness (QED) is 0.451. The smallest absolute Gasteiger partial charge is 0.209 e. The summed E-state index contributed by atoms with van der Waals surface area (Å²) < 4.78 is -0.642. The van der Waals surface area contributed by atoms with Crippen molar-refractivity contribution in [1.29, 1.82) is 0 Å². The predicted molar refractivity (Wildman–Crippen MR) is 103 cm³/mol. The molecule has 1 saturated carbocycles. The van der Waals surface area contributed by atoms with Crippen LogP contribution in [-0.4, -0.2) is 19.5 Å². The normalized spacial score (nSPS) is 19.5. The molecule has 0 bridgehead atoms. The lowest BCUT2D eigenvalue weighted by molar-refractivity contribution is 0.790. The predicted octanol–water partition coefficient (Wildman–Crippen LogP) is 5.42. The maximum Gasteiger partial charge on any atom is 0.209 e. The number of hydrogen-bond donors (Lipinski definition) is 1. The molecule has 0 spiro atoms. The summed E-state index contributed by atoms with van der Waals surface area (Å²) in [6, 6.07) is 20.5. The molecule has 128 valence electrons. The van der Waals surface area contributed by atoms with E-state index in [0.29, 0.717) is 0 Å². The van der Waals surface area contributed by atoms with E-state index in [1.807, 2.05) is 36.4 Å². The molecular formula is C19H17Cl2N3S. The minimum absolute atomic E-state index is 0.150. The van der Waals surface area contributed by atoms with Gasteiger partial charge in [-0.2, -0.15) is 0 Å². The van der Waals surface area contributed by atoms with Crippen LogP contribution in [0.3, 0.4) is 0 Å². The molecule has 0 saturated heterocycles. The summed E-state index contributed by atoms with van der Waals surface area (Å²) in [4.78, 5) is 4.64. The standard InChI is InChI=1S/C19H17Cl2N3S/c20-19(21)12-15(19)17(14-9-5-2-6-10-14)25-18-22-16(23-24-18)11-13-7-3-1-4-8-13/h1-10,15,17H,11-12H2,(H,22,23,24). The van der Waals surface area contributed by atoms with Crippen LogP contribution in [0.4, 0.5) is 0 Å². The Kier molecular flexibility index (Phi) is 4.76. The fourth-order valence-corrected chi connectivity index (χ4v) is 4.91. The molecule has 25 heavy (non-hydrogen) atoms. The maximum atomic E-state index is 6.33. The summed E-state index contributed by atoms with van der Waals surface area (Å²) in [5, 5.41) is 8.30. The van der Waals surface area contributed by atoms with Gasteiger partial charge in [0.2, 0.25) is 5.16 Å². The van der Waals surface area contributed by atoms with Crippen molar-refractivity contribution >= 4 is 35.0 Å². The molecule has 1 aliphatic carbocycles. The van der Waals surface area contributed by atoms with E-state index >= 15 is 0 Å². The van der Waals surface area contributed by atoms with Crippen LogP contribution >= 0.6 is 35.0 Å². The number of hydrogen-bond acceptors (Lipinski definition) is 3. The number of aromatic amines is 1. The Labute approximate surface area is 161 Å². The monoisotopic (exact) mass is 389 g/mol. The van der Waals surface area contributed by atoms with Crippen LogP contribution in [0.2, 0.25) is 0 Å². The number of halogens is 2. The van der Waals surface area contributed by atoms with Gasteiger partial charge in [0, 0.05) is 17.6 Å². The first-order valence-corrected chi connectivity index (χ1v) is 9.80. The highest BCUT2D eigenvalue weighted by atomic mass is 35.5. The van der Waals surface area contributed by atoms with E-state index in [4.69, 9.17) is 23.2 Å². The van der Waals surface area contributed by atoms with Crippen LogP contribution in [-0.2, 0) is 6.42 Å². The first kappa shape index (κ1) is 17.0. The number of H-pyrrole nitrogens is 1. The van der Waals surface area contributed by atoms with Crippen LogP contribution < -0.4 is 0 Å². The molecule has 2 atom stereocenters. The van der Waals surface area contributed by atoms with Crippen LogP contribution in [0.15, 0.2) is 65.8 Å². The Balaban J connectivity index is 1.51. The second kappa shape index (κ2) is 7.02. The lowest BCUT2D eigenvalue weighted by Gasteiger charge is -2.15. The average Bonchev–Trinajstić information content (AvgIpc) is 3.03. The van der Waals surface area contributed by atoms with Crippen molar-refractivity contribution in [3.8, 4) is 0 Å². The molecular weight excluding hydrogens is 373 g/mol. The first-order chi connectivity index (χ1) is 12.1. The second-order valence-corrected chi connectivity index (χ2v) is 8.90. The van der Waals surface area contributed by atoms with Gasteiger partial charge in [-0.25, -0.2) is 4.98 Å². The Morgan fingerprint density at radius 3 is 2.36 bits per heavy atom. The third kappa shape index (κ3) is 4.02. The summed E-state index contributed by atoms with van der Waals surface area (Å²) in [5.41, 5.74) is 2.41. The second-order valence-electron chi connectivity index (χ2n) is 6.25. The zero-order valence-electron chi connectivity index (χ0n) is 13.4. The maximum absolute atomic E-state index is 6.33. The number of benzene rings is 2. The third-order valence-corrected chi connectivity index (χ3v) is 6.44. The van der Waals surface area contributed by atoms with E-state index < -0.39 is 4.33 Å². The van der Waals surface area contributed by atoms with Gasteiger partial charge in [0.05, 0.1) is 0 Å². The van der Waals surface area contributed by atoms with Crippen LogP contribution in [0.25, 0.3) is 0 Å². The molecule has 0 aliphatic heterocycles. The van der Waals surface area contributed by atoms with E-state index in [0.717, 1.165) is 23.8 Å². The molecule has 4 rings (SSSR count).